The maximum Gasteiger partial charge on any atom is 0.226 e. The summed E-state index contributed by atoms with van der Waals surface area (Å²) in [6, 6.07) is 11.5. The summed E-state index contributed by atoms with van der Waals surface area (Å²) in [5.74, 6) is 0.637. The Hall–Kier alpha value is -2.99. The van der Waals surface area contributed by atoms with Gasteiger partial charge in [-0.05, 0) is 42.1 Å². The van der Waals surface area contributed by atoms with Gasteiger partial charge < -0.3 is 9.88 Å². The molecule has 0 bridgehead atoms. The van der Waals surface area contributed by atoms with Crippen molar-refractivity contribution in [2.45, 2.75) is 19.5 Å². The summed E-state index contributed by atoms with van der Waals surface area (Å²) in [5.41, 5.74) is 3.92. The lowest BCUT2D eigenvalue weighted by molar-refractivity contribution is 0.735. The molecule has 0 saturated heterocycles. The van der Waals surface area contributed by atoms with Gasteiger partial charge in [0, 0.05) is 33.7 Å². The first kappa shape index (κ1) is 15.3. The molecule has 5 rings (SSSR count). The predicted molar refractivity (Wildman–Crippen MR) is 104 cm³/mol. The first-order valence-electron chi connectivity index (χ1n) is 8.45. The fourth-order valence-electron chi connectivity index (χ4n) is 3.67. The highest BCUT2D eigenvalue weighted by molar-refractivity contribution is 7.10. The number of aryl methyl sites for hydroxylation is 1. The normalized spacial score (nSPS) is 16.2. The Labute approximate surface area is 154 Å². The first-order chi connectivity index (χ1) is 12.7. The molecule has 128 valence electrons. The van der Waals surface area contributed by atoms with Crippen molar-refractivity contribution in [2.24, 2.45) is 0 Å². The van der Waals surface area contributed by atoms with Crippen molar-refractivity contribution in [2.75, 3.05) is 4.90 Å². The van der Waals surface area contributed by atoms with Crippen LogP contribution in [0.3, 0.4) is 0 Å². The van der Waals surface area contributed by atoms with Gasteiger partial charge in [-0.3, -0.25) is 4.79 Å². The first-order valence-corrected chi connectivity index (χ1v) is 9.33. The van der Waals surface area contributed by atoms with E-state index in [1.54, 1.807) is 29.8 Å². The maximum absolute atomic E-state index is 13.1. The van der Waals surface area contributed by atoms with Gasteiger partial charge in [0.2, 0.25) is 5.95 Å². The summed E-state index contributed by atoms with van der Waals surface area (Å²) in [6.45, 7) is 2.61. The van der Waals surface area contributed by atoms with E-state index in [9.17, 15) is 4.79 Å². The molecular weight excluding hydrogens is 344 g/mol. The van der Waals surface area contributed by atoms with Crippen LogP contribution in [0.15, 0.2) is 59.0 Å². The summed E-state index contributed by atoms with van der Waals surface area (Å²) in [7, 11) is 0. The molecule has 6 heteroatoms. The molecule has 1 atom stereocenters. The molecule has 1 aliphatic rings. The summed E-state index contributed by atoms with van der Waals surface area (Å²) < 4.78 is 0. The minimum Gasteiger partial charge on any atom is -0.356 e. The van der Waals surface area contributed by atoms with Gasteiger partial charge in [0.05, 0.1) is 12.2 Å². The van der Waals surface area contributed by atoms with E-state index < -0.39 is 0 Å². The smallest absolute Gasteiger partial charge is 0.226 e. The van der Waals surface area contributed by atoms with Crippen molar-refractivity contribution in [1.29, 1.82) is 0 Å². The number of thiophene rings is 1. The van der Waals surface area contributed by atoms with Crippen LogP contribution in [-0.2, 0) is 6.54 Å². The Morgan fingerprint density at radius 3 is 2.73 bits per heavy atom. The van der Waals surface area contributed by atoms with Crippen molar-refractivity contribution in [3.8, 4) is 0 Å². The molecule has 0 radical (unpaired) electrons. The highest BCUT2D eigenvalue weighted by Crippen LogP contribution is 2.41. The average Bonchev–Trinajstić information content (AvgIpc) is 3.26. The molecule has 4 heterocycles. The molecule has 1 N–H and O–H groups in total. The van der Waals surface area contributed by atoms with Crippen molar-refractivity contribution in [3.05, 3.63) is 86.1 Å². The number of nitrogens with one attached hydrogen (secondary N) is 1. The van der Waals surface area contributed by atoms with Gasteiger partial charge in [0.25, 0.3) is 0 Å². The second-order valence-corrected chi connectivity index (χ2v) is 7.39. The van der Waals surface area contributed by atoms with E-state index in [-0.39, 0.29) is 11.5 Å². The van der Waals surface area contributed by atoms with E-state index in [0.717, 1.165) is 22.2 Å². The van der Waals surface area contributed by atoms with Crippen LogP contribution < -0.4 is 10.3 Å². The van der Waals surface area contributed by atoms with Crippen molar-refractivity contribution in [1.82, 2.24) is 15.0 Å². The van der Waals surface area contributed by atoms with Crippen LogP contribution >= 0.6 is 11.3 Å². The zero-order valence-electron chi connectivity index (χ0n) is 14.1. The number of aromatic nitrogens is 3. The van der Waals surface area contributed by atoms with E-state index in [1.807, 2.05) is 24.3 Å². The molecule has 4 aromatic rings. The van der Waals surface area contributed by atoms with E-state index in [4.69, 9.17) is 0 Å². The lowest BCUT2D eigenvalue weighted by atomic mass is 10.0. The number of pyridine rings is 1. The Morgan fingerprint density at radius 2 is 1.96 bits per heavy atom. The molecule has 0 saturated carbocycles. The quantitative estimate of drug-likeness (QED) is 0.591. The maximum atomic E-state index is 13.1. The summed E-state index contributed by atoms with van der Waals surface area (Å²) in [4.78, 5) is 28.8. The Kier molecular flexibility index (Phi) is 3.39. The lowest BCUT2D eigenvalue weighted by Crippen LogP contribution is -2.24. The van der Waals surface area contributed by atoms with Crippen molar-refractivity contribution in [3.63, 3.8) is 0 Å². The average molecular weight is 360 g/mol. The van der Waals surface area contributed by atoms with Gasteiger partial charge >= 0.3 is 0 Å². The summed E-state index contributed by atoms with van der Waals surface area (Å²) >= 11 is 1.70. The largest absolute Gasteiger partial charge is 0.356 e. The van der Waals surface area contributed by atoms with Gasteiger partial charge in [-0.1, -0.05) is 12.1 Å². The Bertz CT molecular complexity index is 1170. The zero-order chi connectivity index (χ0) is 17.7. The number of para-hydroxylation sites is 1. The van der Waals surface area contributed by atoms with Crippen LogP contribution in [0.25, 0.3) is 10.9 Å². The fraction of sp³-hybridized carbons (Fsp3) is 0.150. The second-order valence-electron chi connectivity index (χ2n) is 6.44. The monoisotopic (exact) mass is 360 g/mol. The second kappa shape index (κ2) is 5.78. The zero-order valence-corrected chi connectivity index (χ0v) is 15.0. The van der Waals surface area contributed by atoms with Crippen LogP contribution in [0.1, 0.15) is 27.7 Å². The Morgan fingerprint density at radius 1 is 1.15 bits per heavy atom. The molecule has 26 heavy (non-hydrogen) atoms. The topological polar surface area (TPSA) is 61.9 Å². The van der Waals surface area contributed by atoms with Gasteiger partial charge in [0.15, 0.2) is 5.43 Å². The van der Waals surface area contributed by atoms with Gasteiger partial charge in [-0.2, -0.15) is 0 Å². The van der Waals surface area contributed by atoms with Gasteiger partial charge in [0.1, 0.15) is 6.04 Å². The number of benzene rings is 1. The van der Waals surface area contributed by atoms with Gasteiger partial charge in [-0.15, -0.1) is 11.3 Å². The van der Waals surface area contributed by atoms with Crippen LogP contribution in [0.2, 0.25) is 0 Å². The fourth-order valence-corrected chi connectivity index (χ4v) is 4.71. The number of H-pyrrole nitrogens is 1. The van der Waals surface area contributed by atoms with Crippen LogP contribution in [0.4, 0.5) is 5.95 Å². The number of anilines is 1. The van der Waals surface area contributed by atoms with Crippen LogP contribution in [0, 0.1) is 6.92 Å². The Balaban J connectivity index is 1.79. The number of nitrogens with zero attached hydrogens (tertiary/aromatic N) is 3. The van der Waals surface area contributed by atoms with Crippen molar-refractivity contribution >= 4 is 28.2 Å². The molecule has 1 unspecified atom stereocenters. The third-order valence-corrected chi connectivity index (χ3v) is 5.98. The standard InChI is InChI=1S/C20H16N4OS/c1-12-7-10-26-19(12)17-16-14(11-24(17)20-21-8-4-9-22-20)18(25)13-5-2-3-6-15(13)23-16/h2-10,17H,11H2,1H3,(H,23,25). The van der Waals surface area contributed by atoms with E-state index in [1.165, 1.54) is 10.4 Å². The SMILES string of the molecule is Cc1ccsc1C1c2[nH]c3ccccc3c(=O)c2CN1c1ncccn1. The van der Waals surface area contributed by atoms with Crippen molar-refractivity contribution < 1.29 is 0 Å². The molecule has 0 aliphatic carbocycles. The minimum absolute atomic E-state index is 0.0790. The van der Waals surface area contributed by atoms with E-state index in [2.05, 4.69) is 38.2 Å². The van der Waals surface area contributed by atoms with Crippen LogP contribution in [0.5, 0.6) is 0 Å². The number of hydrogen-bond donors (Lipinski definition) is 1. The third kappa shape index (κ3) is 2.19. The predicted octanol–water partition coefficient (Wildman–Crippen LogP) is 3.80. The minimum atomic E-state index is -0.0790. The molecule has 5 nitrogen and oxygen atoms in total. The molecular formula is C20H16N4OS. The molecule has 0 fully saturated rings. The summed E-state index contributed by atoms with van der Waals surface area (Å²) in [6.07, 6.45) is 3.48. The van der Waals surface area contributed by atoms with Crippen LogP contribution in [-0.4, -0.2) is 15.0 Å². The third-order valence-electron chi connectivity index (χ3n) is 4.91. The molecule has 0 spiro atoms. The number of rotatable bonds is 2. The lowest BCUT2D eigenvalue weighted by Gasteiger charge is -2.24. The molecule has 1 aromatic carbocycles. The molecule has 3 aromatic heterocycles. The highest BCUT2D eigenvalue weighted by atomic mass is 32.1. The van der Waals surface area contributed by atoms with E-state index in [0.29, 0.717) is 12.5 Å². The summed E-state index contributed by atoms with van der Waals surface area (Å²) in [5, 5.41) is 2.81. The number of fused-ring (bicyclic) bond motifs is 2. The van der Waals surface area contributed by atoms with Gasteiger partial charge in [-0.25, -0.2) is 9.97 Å². The highest BCUT2D eigenvalue weighted by Gasteiger charge is 2.37. The molecule has 1 aliphatic heterocycles. The molecule has 0 amide bonds. The number of hydrogen-bond acceptors (Lipinski definition) is 5. The number of aromatic amines is 1. The van der Waals surface area contributed by atoms with E-state index >= 15 is 0 Å².